The molecule has 1 aromatic heterocycles. The van der Waals surface area contributed by atoms with Crippen LogP contribution in [0.5, 0.6) is 11.5 Å². The van der Waals surface area contributed by atoms with Crippen LogP contribution in [0.4, 0.5) is 0 Å². The third-order valence-corrected chi connectivity index (χ3v) is 7.82. The van der Waals surface area contributed by atoms with E-state index in [9.17, 15) is 0 Å². The van der Waals surface area contributed by atoms with Crippen LogP contribution in [0.15, 0.2) is 36.7 Å². The van der Waals surface area contributed by atoms with E-state index in [4.69, 9.17) is 9.47 Å². The first-order valence-electron chi connectivity index (χ1n) is 12.3. The molecule has 1 N–H and O–H groups in total. The second kappa shape index (κ2) is 9.09. The number of hydrogen-bond donors (Lipinski definition) is 1. The summed E-state index contributed by atoms with van der Waals surface area (Å²) in [5.74, 6) is 2.27. The molecule has 0 saturated heterocycles. The molecular weight excluding hydrogens is 396 g/mol. The van der Waals surface area contributed by atoms with E-state index in [1.165, 1.54) is 65.7 Å². The van der Waals surface area contributed by atoms with E-state index in [0.717, 1.165) is 43.7 Å². The van der Waals surface area contributed by atoms with Crippen molar-refractivity contribution in [3.63, 3.8) is 0 Å². The predicted octanol–water partition coefficient (Wildman–Crippen LogP) is 6.23. The number of aromatic nitrogens is 1. The molecule has 32 heavy (non-hydrogen) atoms. The molecule has 1 aliphatic heterocycles. The maximum Gasteiger partial charge on any atom is 0.161 e. The first-order valence-corrected chi connectivity index (χ1v) is 12.3. The Morgan fingerprint density at radius 1 is 1.09 bits per heavy atom. The minimum Gasteiger partial charge on any atom is -0.493 e. The second-order valence-corrected chi connectivity index (χ2v) is 9.54. The number of nitrogens with zero attached hydrogens (tertiary/aromatic N) is 1. The highest BCUT2D eigenvalue weighted by atomic mass is 16.5. The normalized spacial score (nSPS) is 20.6. The molecule has 1 atom stereocenters. The number of fused-ring (bicyclic) bond motifs is 2. The summed E-state index contributed by atoms with van der Waals surface area (Å²) in [5.41, 5.74) is 8.31. The molecular formula is C28H36N2O2. The van der Waals surface area contributed by atoms with Crippen molar-refractivity contribution in [1.82, 2.24) is 9.88 Å². The molecule has 0 bridgehead atoms. The highest BCUT2D eigenvalue weighted by molar-refractivity contribution is 5.56. The monoisotopic (exact) mass is 432 g/mol. The summed E-state index contributed by atoms with van der Waals surface area (Å²) in [6.07, 6.45) is 17.6. The lowest BCUT2D eigenvalue weighted by Gasteiger charge is -2.43. The smallest absolute Gasteiger partial charge is 0.161 e. The quantitative estimate of drug-likeness (QED) is 0.588. The van der Waals surface area contributed by atoms with Crippen LogP contribution >= 0.6 is 0 Å². The van der Waals surface area contributed by atoms with Crippen LogP contribution in [-0.2, 0) is 19.3 Å². The Hall–Kier alpha value is -2.62. The summed E-state index contributed by atoms with van der Waals surface area (Å²) in [6.45, 7) is 5.69. The van der Waals surface area contributed by atoms with Crippen molar-refractivity contribution in [3.8, 4) is 11.5 Å². The minimum atomic E-state index is 0.277. The number of benzene rings is 1. The molecule has 3 aliphatic rings. The Kier molecular flexibility index (Phi) is 6.03. The Balaban J connectivity index is 1.53. The van der Waals surface area contributed by atoms with Gasteiger partial charge in [0.05, 0.1) is 20.3 Å². The Labute approximate surface area is 192 Å². The van der Waals surface area contributed by atoms with Crippen LogP contribution in [-0.4, -0.2) is 30.6 Å². The number of aromatic amines is 1. The molecule has 1 fully saturated rings. The number of nitrogens with one attached hydrogen (secondary N) is 1. The van der Waals surface area contributed by atoms with Gasteiger partial charge in [0.2, 0.25) is 0 Å². The van der Waals surface area contributed by atoms with E-state index in [1.807, 2.05) is 0 Å². The van der Waals surface area contributed by atoms with Crippen LogP contribution in [0, 0.1) is 5.92 Å². The zero-order valence-corrected chi connectivity index (χ0v) is 19.6. The SMILES string of the molecule is C=C(C1CCCCC1)N1CCc2cc(OC)c(OC)cc2C1Cc1c[nH]c2c1CCC=C2. The van der Waals surface area contributed by atoms with E-state index in [0.29, 0.717) is 5.92 Å². The molecule has 0 radical (unpaired) electrons. The Morgan fingerprint density at radius 2 is 1.88 bits per heavy atom. The number of allylic oxidation sites excluding steroid dienone is 2. The van der Waals surface area contributed by atoms with E-state index in [-0.39, 0.29) is 6.04 Å². The van der Waals surface area contributed by atoms with Crippen LogP contribution in [0.25, 0.3) is 6.08 Å². The molecule has 1 aromatic carbocycles. The number of rotatable bonds is 6. The third kappa shape index (κ3) is 3.85. The van der Waals surface area contributed by atoms with Crippen molar-refractivity contribution < 1.29 is 9.47 Å². The zero-order chi connectivity index (χ0) is 22.1. The van der Waals surface area contributed by atoms with Gasteiger partial charge >= 0.3 is 0 Å². The van der Waals surface area contributed by atoms with Gasteiger partial charge in [-0.3, -0.25) is 0 Å². The van der Waals surface area contributed by atoms with Crippen LogP contribution < -0.4 is 9.47 Å². The van der Waals surface area contributed by atoms with Crippen LogP contribution in [0.1, 0.15) is 72.5 Å². The lowest BCUT2D eigenvalue weighted by Crippen LogP contribution is -2.38. The first-order chi connectivity index (χ1) is 15.7. The molecule has 0 spiro atoms. The first kappa shape index (κ1) is 21.2. The fourth-order valence-electron chi connectivity index (χ4n) is 6.04. The standard InChI is InChI=1S/C28H36N2O2/c1-19(20-9-5-4-6-10-20)30-14-13-21-16-27(31-2)28(32-3)17-24(21)26(30)15-22-18-29-25-12-8-7-11-23(22)25/h8,12,16-18,20,26,29H,1,4-7,9-11,13-15H2,2-3H3. The highest BCUT2D eigenvalue weighted by Crippen LogP contribution is 2.43. The maximum atomic E-state index is 5.71. The van der Waals surface area contributed by atoms with E-state index >= 15 is 0 Å². The van der Waals surface area contributed by atoms with Gasteiger partial charge in [-0.1, -0.05) is 31.9 Å². The summed E-state index contributed by atoms with van der Waals surface area (Å²) in [4.78, 5) is 6.14. The van der Waals surface area contributed by atoms with Gasteiger partial charge in [-0.15, -0.1) is 0 Å². The summed E-state index contributed by atoms with van der Waals surface area (Å²) >= 11 is 0. The summed E-state index contributed by atoms with van der Waals surface area (Å²) < 4.78 is 11.3. The van der Waals surface area contributed by atoms with Gasteiger partial charge in [0.25, 0.3) is 0 Å². The predicted molar refractivity (Wildman–Crippen MR) is 130 cm³/mol. The van der Waals surface area contributed by atoms with Crippen molar-refractivity contribution in [1.29, 1.82) is 0 Å². The van der Waals surface area contributed by atoms with Gasteiger partial charge < -0.3 is 19.4 Å². The van der Waals surface area contributed by atoms with Gasteiger partial charge in [0.1, 0.15) is 0 Å². The van der Waals surface area contributed by atoms with Gasteiger partial charge in [0.15, 0.2) is 11.5 Å². The number of methoxy groups -OCH3 is 2. The lowest BCUT2D eigenvalue weighted by atomic mass is 9.82. The van der Waals surface area contributed by atoms with Crippen molar-refractivity contribution in [2.75, 3.05) is 20.8 Å². The Bertz CT molecular complexity index is 1010. The number of H-pyrrole nitrogens is 1. The number of ether oxygens (including phenoxy) is 2. The maximum absolute atomic E-state index is 5.71. The summed E-state index contributed by atoms with van der Waals surface area (Å²) in [7, 11) is 3.46. The third-order valence-electron chi connectivity index (χ3n) is 7.82. The topological polar surface area (TPSA) is 37.5 Å². The lowest BCUT2D eigenvalue weighted by molar-refractivity contribution is 0.196. The van der Waals surface area contributed by atoms with Crippen molar-refractivity contribution in [3.05, 3.63) is 64.6 Å². The van der Waals surface area contributed by atoms with Crippen molar-refractivity contribution in [2.24, 2.45) is 5.92 Å². The van der Waals surface area contributed by atoms with Gasteiger partial charge in [-0.05, 0) is 84.9 Å². The highest BCUT2D eigenvalue weighted by Gasteiger charge is 2.33. The van der Waals surface area contributed by atoms with E-state index < -0.39 is 0 Å². The Morgan fingerprint density at radius 3 is 2.66 bits per heavy atom. The van der Waals surface area contributed by atoms with E-state index in [2.05, 4.69) is 46.9 Å². The van der Waals surface area contributed by atoms with Gasteiger partial charge in [-0.25, -0.2) is 0 Å². The fourth-order valence-corrected chi connectivity index (χ4v) is 6.04. The van der Waals surface area contributed by atoms with E-state index in [1.54, 1.807) is 14.2 Å². The molecule has 1 saturated carbocycles. The van der Waals surface area contributed by atoms with Crippen molar-refractivity contribution >= 4 is 6.08 Å². The van der Waals surface area contributed by atoms with Crippen LogP contribution in [0.3, 0.4) is 0 Å². The second-order valence-electron chi connectivity index (χ2n) is 9.54. The van der Waals surface area contributed by atoms with Crippen molar-refractivity contribution in [2.45, 2.75) is 63.8 Å². The fraction of sp³-hybridized carbons (Fsp3) is 0.500. The minimum absolute atomic E-state index is 0.277. The average molecular weight is 433 g/mol. The molecule has 5 rings (SSSR count). The van der Waals surface area contributed by atoms with Gasteiger partial charge in [-0.2, -0.15) is 0 Å². The zero-order valence-electron chi connectivity index (χ0n) is 19.6. The van der Waals surface area contributed by atoms with Crippen LogP contribution in [0.2, 0.25) is 0 Å². The summed E-state index contributed by atoms with van der Waals surface area (Å²) in [5, 5.41) is 0. The molecule has 4 nitrogen and oxygen atoms in total. The molecule has 2 aromatic rings. The molecule has 4 heteroatoms. The average Bonchev–Trinajstić information content (AvgIpc) is 3.26. The summed E-state index contributed by atoms with van der Waals surface area (Å²) in [6, 6.07) is 4.69. The molecule has 2 aliphatic carbocycles. The molecule has 1 unspecified atom stereocenters. The van der Waals surface area contributed by atoms with Gasteiger partial charge in [0, 0.05) is 24.1 Å². The molecule has 2 heterocycles. The molecule has 0 amide bonds. The number of hydrogen-bond acceptors (Lipinski definition) is 3. The largest absolute Gasteiger partial charge is 0.493 e. The molecule has 170 valence electrons.